The van der Waals surface area contributed by atoms with Crippen LogP contribution in [-0.4, -0.2) is 25.2 Å². The Kier molecular flexibility index (Phi) is 3.70. The lowest BCUT2D eigenvalue weighted by molar-refractivity contribution is 0.0526. The van der Waals surface area contributed by atoms with E-state index in [2.05, 4.69) is 0 Å². The Morgan fingerprint density at radius 1 is 1.00 bits per heavy atom. The van der Waals surface area contributed by atoms with Crippen LogP contribution in [-0.2, 0) is 9.47 Å². The van der Waals surface area contributed by atoms with Gasteiger partial charge in [-0.15, -0.1) is 11.3 Å². The standard InChI is InChI=1S/C11H10O7S/c1-3-15-9(12)7-5-6(18-11(14)17-5)8(19-7)10(13)16-4-2/h3-4H2,1-2H3. The van der Waals surface area contributed by atoms with Gasteiger partial charge in [-0.3, -0.25) is 0 Å². The van der Waals surface area contributed by atoms with Crippen molar-refractivity contribution in [2.75, 3.05) is 13.2 Å². The number of carbonyl (C=O) groups is 2. The van der Waals surface area contributed by atoms with Crippen LogP contribution in [0.25, 0.3) is 11.2 Å². The summed E-state index contributed by atoms with van der Waals surface area (Å²) in [5, 5.41) is 0. The molecule has 0 saturated carbocycles. The molecule has 0 atom stereocenters. The maximum Gasteiger partial charge on any atom is 0.519 e. The van der Waals surface area contributed by atoms with Crippen LogP contribution in [0.15, 0.2) is 13.6 Å². The lowest BCUT2D eigenvalue weighted by Crippen LogP contribution is -2.04. The minimum Gasteiger partial charge on any atom is -0.462 e. The van der Waals surface area contributed by atoms with E-state index in [-0.39, 0.29) is 34.1 Å². The lowest BCUT2D eigenvalue weighted by Gasteiger charge is -1.97. The summed E-state index contributed by atoms with van der Waals surface area (Å²) in [6.45, 7) is 3.60. The van der Waals surface area contributed by atoms with Gasteiger partial charge in [-0.25, -0.2) is 14.4 Å². The molecular formula is C11H10O7S. The summed E-state index contributed by atoms with van der Waals surface area (Å²) in [7, 11) is 0. The second-order valence-electron chi connectivity index (χ2n) is 3.31. The Labute approximate surface area is 110 Å². The molecular weight excluding hydrogens is 276 g/mol. The third-order valence-corrected chi connectivity index (χ3v) is 3.23. The fourth-order valence-corrected chi connectivity index (χ4v) is 2.38. The molecule has 19 heavy (non-hydrogen) atoms. The number of ether oxygens (including phenoxy) is 2. The van der Waals surface area contributed by atoms with Crippen molar-refractivity contribution in [3.63, 3.8) is 0 Å². The highest BCUT2D eigenvalue weighted by Gasteiger charge is 2.28. The van der Waals surface area contributed by atoms with Gasteiger partial charge in [0.25, 0.3) is 0 Å². The maximum absolute atomic E-state index is 11.7. The highest BCUT2D eigenvalue weighted by molar-refractivity contribution is 7.17. The lowest BCUT2D eigenvalue weighted by atomic mass is 10.4. The van der Waals surface area contributed by atoms with E-state index in [4.69, 9.17) is 18.3 Å². The van der Waals surface area contributed by atoms with Crippen LogP contribution in [0.2, 0.25) is 0 Å². The van der Waals surface area contributed by atoms with Crippen LogP contribution in [0.3, 0.4) is 0 Å². The summed E-state index contributed by atoms with van der Waals surface area (Å²) in [4.78, 5) is 34.5. The van der Waals surface area contributed by atoms with Gasteiger partial charge in [0.2, 0.25) is 11.2 Å². The first-order valence-electron chi connectivity index (χ1n) is 5.49. The first-order chi connectivity index (χ1) is 9.08. The van der Waals surface area contributed by atoms with Gasteiger partial charge in [0.05, 0.1) is 13.2 Å². The van der Waals surface area contributed by atoms with E-state index >= 15 is 0 Å². The first-order valence-corrected chi connectivity index (χ1v) is 6.30. The monoisotopic (exact) mass is 286 g/mol. The fourth-order valence-electron chi connectivity index (χ4n) is 1.44. The topological polar surface area (TPSA) is 96.0 Å². The van der Waals surface area contributed by atoms with Crippen LogP contribution in [0.5, 0.6) is 0 Å². The molecule has 0 aliphatic carbocycles. The van der Waals surface area contributed by atoms with E-state index in [0.717, 1.165) is 11.3 Å². The predicted octanol–water partition coefficient (Wildman–Crippen LogP) is 1.80. The van der Waals surface area contributed by atoms with Crippen molar-refractivity contribution in [3.05, 3.63) is 20.4 Å². The molecule has 0 bridgehead atoms. The molecule has 0 aromatic carbocycles. The smallest absolute Gasteiger partial charge is 0.462 e. The Hall–Kier alpha value is -2.09. The van der Waals surface area contributed by atoms with Gasteiger partial charge in [0.15, 0.2) is 9.75 Å². The normalized spacial score (nSPS) is 10.6. The van der Waals surface area contributed by atoms with Crippen molar-refractivity contribution >= 4 is 34.4 Å². The molecule has 0 N–H and O–H groups in total. The van der Waals surface area contributed by atoms with E-state index < -0.39 is 17.8 Å². The van der Waals surface area contributed by atoms with E-state index in [1.165, 1.54) is 0 Å². The first kappa shape index (κ1) is 13.3. The Morgan fingerprint density at radius 3 is 1.79 bits per heavy atom. The largest absolute Gasteiger partial charge is 0.519 e. The highest BCUT2D eigenvalue weighted by Crippen LogP contribution is 2.32. The predicted molar refractivity (Wildman–Crippen MR) is 64.5 cm³/mol. The van der Waals surface area contributed by atoms with Gasteiger partial charge in [0.1, 0.15) is 0 Å². The SMILES string of the molecule is CCOC(=O)c1sc(C(=O)OCC)c2oc(=O)oc12. The third-order valence-electron chi connectivity index (χ3n) is 2.12. The molecule has 0 fully saturated rings. The van der Waals surface area contributed by atoms with Gasteiger partial charge in [0, 0.05) is 0 Å². The van der Waals surface area contributed by atoms with Crippen LogP contribution < -0.4 is 5.82 Å². The Bertz CT molecular complexity index is 621. The Balaban J connectivity index is 2.56. The van der Waals surface area contributed by atoms with Crippen molar-refractivity contribution in [3.8, 4) is 0 Å². The molecule has 0 radical (unpaired) electrons. The molecule has 0 saturated heterocycles. The zero-order valence-corrected chi connectivity index (χ0v) is 11.0. The molecule has 102 valence electrons. The molecule has 0 spiro atoms. The maximum atomic E-state index is 11.7. The molecule has 8 heteroatoms. The van der Waals surface area contributed by atoms with E-state index in [1.807, 2.05) is 0 Å². The average molecular weight is 286 g/mol. The number of esters is 2. The molecule has 0 aliphatic heterocycles. The van der Waals surface area contributed by atoms with Gasteiger partial charge in [-0.2, -0.15) is 0 Å². The molecule has 7 nitrogen and oxygen atoms in total. The zero-order chi connectivity index (χ0) is 14.0. The summed E-state index contributed by atoms with van der Waals surface area (Å²) in [6, 6.07) is 0. The van der Waals surface area contributed by atoms with Gasteiger partial charge >= 0.3 is 17.8 Å². The van der Waals surface area contributed by atoms with Gasteiger partial charge < -0.3 is 18.3 Å². The molecule has 0 unspecified atom stereocenters. The minimum atomic E-state index is -0.992. The number of rotatable bonds is 4. The molecule has 2 rings (SSSR count). The second kappa shape index (κ2) is 5.27. The quantitative estimate of drug-likeness (QED) is 0.790. The summed E-state index contributed by atoms with van der Waals surface area (Å²) in [5.41, 5.74) is -0.173. The zero-order valence-electron chi connectivity index (χ0n) is 10.2. The average Bonchev–Trinajstić information content (AvgIpc) is 2.86. The van der Waals surface area contributed by atoms with Gasteiger partial charge in [-0.1, -0.05) is 0 Å². The van der Waals surface area contributed by atoms with Crippen LogP contribution in [0.4, 0.5) is 0 Å². The highest BCUT2D eigenvalue weighted by atomic mass is 32.1. The molecule has 2 aromatic heterocycles. The third kappa shape index (κ3) is 2.39. The molecule has 0 amide bonds. The van der Waals surface area contributed by atoms with E-state index in [0.29, 0.717) is 0 Å². The van der Waals surface area contributed by atoms with Crippen molar-refractivity contribution in [2.45, 2.75) is 13.8 Å². The number of thiophene rings is 1. The number of carbonyl (C=O) groups excluding carboxylic acids is 2. The van der Waals surface area contributed by atoms with Crippen LogP contribution in [0.1, 0.15) is 33.2 Å². The van der Waals surface area contributed by atoms with Crippen LogP contribution >= 0.6 is 11.3 Å². The van der Waals surface area contributed by atoms with Crippen LogP contribution in [0, 0.1) is 0 Å². The number of fused-ring (bicyclic) bond motifs is 1. The minimum absolute atomic E-state index is 0.00533. The van der Waals surface area contributed by atoms with Crippen molar-refractivity contribution in [2.24, 2.45) is 0 Å². The molecule has 2 heterocycles. The van der Waals surface area contributed by atoms with E-state index in [9.17, 15) is 14.4 Å². The van der Waals surface area contributed by atoms with E-state index in [1.54, 1.807) is 13.8 Å². The fraction of sp³-hybridized carbons (Fsp3) is 0.364. The number of hydrogen-bond donors (Lipinski definition) is 0. The summed E-state index contributed by atoms with van der Waals surface area (Å²) in [6.07, 6.45) is 0. The van der Waals surface area contributed by atoms with Gasteiger partial charge in [-0.05, 0) is 13.8 Å². The molecule has 0 aliphatic rings. The number of hydrogen-bond acceptors (Lipinski definition) is 8. The second-order valence-corrected chi connectivity index (χ2v) is 4.33. The van der Waals surface area contributed by atoms with Crippen molar-refractivity contribution in [1.29, 1.82) is 0 Å². The Morgan fingerprint density at radius 2 is 1.42 bits per heavy atom. The summed E-state index contributed by atoms with van der Waals surface area (Å²) >= 11 is 0.809. The van der Waals surface area contributed by atoms with Crippen molar-refractivity contribution in [1.82, 2.24) is 0 Å². The summed E-state index contributed by atoms with van der Waals surface area (Å²) < 4.78 is 19.1. The summed E-state index contributed by atoms with van der Waals surface area (Å²) in [5.74, 6) is -2.36. The van der Waals surface area contributed by atoms with Crippen molar-refractivity contribution < 1.29 is 27.9 Å². The molecule has 2 aromatic rings.